The van der Waals surface area contributed by atoms with Crippen LogP contribution >= 0.6 is 11.3 Å². The van der Waals surface area contributed by atoms with Gasteiger partial charge in [-0.3, -0.25) is 0 Å². The first-order valence-corrected chi connectivity index (χ1v) is 8.41. The van der Waals surface area contributed by atoms with Crippen molar-refractivity contribution in [3.05, 3.63) is 16.6 Å². The van der Waals surface area contributed by atoms with Gasteiger partial charge in [0.25, 0.3) is 0 Å². The quantitative estimate of drug-likeness (QED) is 0.931. The average Bonchev–Trinajstić information content (AvgIpc) is 2.91. The van der Waals surface area contributed by atoms with Crippen LogP contribution in [0.5, 0.6) is 0 Å². The summed E-state index contributed by atoms with van der Waals surface area (Å²) < 4.78 is 5.45. The summed E-state index contributed by atoms with van der Waals surface area (Å²) in [4.78, 5) is 18.3. The van der Waals surface area contributed by atoms with Crippen LogP contribution in [0.4, 0.5) is 4.79 Å². The number of carbonyl (C=O) groups is 1. The number of carbonyl (C=O) groups excluding carboxylic acids is 1. The van der Waals surface area contributed by atoms with Gasteiger partial charge in [-0.1, -0.05) is 0 Å². The smallest absolute Gasteiger partial charge is 0.410 e. The maximum absolute atomic E-state index is 12.1. The van der Waals surface area contributed by atoms with Crippen molar-refractivity contribution in [2.24, 2.45) is 0 Å². The second kappa shape index (κ2) is 6.75. The summed E-state index contributed by atoms with van der Waals surface area (Å²) in [6, 6.07) is 0.503. The highest BCUT2D eigenvalue weighted by atomic mass is 32.1. The van der Waals surface area contributed by atoms with Gasteiger partial charge in [0.05, 0.1) is 11.2 Å². The molecule has 1 aliphatic heterocycles. The van der Waals surface area contributed by atoms with Crippen molar-refractivity contribution in [3.8, 4) is 0 Å². The fourth-order valence-electron chi connectivity index (χ4n) is 2.48. The lowest BCUT2D eigenvalue weighted by Gasteiger charge is -2.35. The third kappa shape index (κ3) is 4.97. The van der Waals surface area contributed by atoms with Crippen molar-refractivity contribution in [3.63, 3.8) is 0 Å². The number of nitrogens with zero attached hydrogens (tertiary/aromatic N) is 2. The Morgan fingerprint density at radius 1 is 1.57 bits per heavy atom. The van der Waals surface area contributed by atoms with E-state index < -0.39 is 5.60 Å². The summed E-state index contributed by atoms with van der Waals surface area (Å²) in [5.41, 5.74) is 2.47. The van der Waals surface area contributed by atoms with E-state index in [1.807, 2.05) is 26.3 Å². The molecule has 1 aromatic heterocycles. The van der Waals surface area contributed by atoms with Gasteiger partial charge in [-0.2, -0.15) is 0 Å². The Labute approximate surface area is 130 Å². The highest BCUT2D eigenvalue weighted by Gasteiger charge is 2.28. The number of thiazole rings is 1. The van der Waals surface area contributed by atoms with E-state index >= 15 is 0 Å². The molecule has 2 heterocycles. The molecule has 0 radical (unpaired) electrons. The van der Waals surface area contributed by atoms with Gasteiger partial charge in [0.1, 0.15) is 5.60 Å². The lowest BCUT2D eigenvalue weighted by molar-refractivity contribution is 0.0184. The third-order valence-corrected chi connectivity index (χ3v) is 4.06. The molecule has 5 nitrogen and oxygen atoms in total. The molecule has 2 unspecified atom stereocenters. The van der Waals surface area contributed by atoms with Gasteiger partial charge in [0.15, 0.2) is 0 Å². The largest absolute Gasteiger partial charge is 0.444 e. The van der Waals surface area contributed by atoms with Gasteiger partial charge < -0.3 is 15.0 Å². The van der Waals surface area contributed by atoms with Crippen molar-refractivity contribution >= 4 is 17.4 Å². The fraction of sp³-hybridized carbons (Fsp3) is 0.733. The maximum Gasteiger partial charge on any atom is 0.410 e. The van der Waals surface area contributed by atoms with Crippen molar-refractivity contribution in [2.75, 3.05) is 13.1 Å². The molecule has 2 atom stereocenters. The van der Waals surface area contributed by atoms with E-state index in [0.29, 0.717) is 12.6 Å². The van der Waals surface area contributed by atoms with E-state index in [-0.39, 0.29) is 12.1 Å². The van der Waals surface area contributed by atoms with Crippen molar-refractivity contribution in [1.29, 1.82) is 0 Å². The van der Waals surface area contributed by atoms with Crippen LogP contribution in [-0.2, 0) is 4.74 Å². The molecule has 1 amide bonds. The molecule has 0 bridgehead atoms. The standard InChI is InChI=1S/C15H25N3O2S/c1-11(13-9-21-10-16-13)17-12-6-5-7-18(8-12)14(19)20-15(2,3)4/h9-12,17H,5-8H2,1-4H3. The number of rotatable bonds is 3. The van der Waals surface area contributed by atoms with Gasteiger partial charge in [-0.05, 0) is 40.5 Å². The Morgan fingerprint density at radius 3 is 2.95 bits per heavy atom. The Kier molecular flexibility index (Phi) is 5.22. The summed E-state index contributed by atoms with van der Waals surface area (Å²) in [6.45, 7) is 9.28. The number of amides is 1. The molecule has 0 saturated carbocycles. The van der Waals surface area contributed by atoms with Crippen molar-refractivity contribution in [1.82, 2.24) is 15.2 Å². The molecule has 1 saturated heterocycles. The van der Waals surface area contributed by atoms with Crippen LogP contribution in [0, 0.1) is 0 Å². The highest BCUT2D eigenvalue weighted by molar-refractivity contribution is 7.07. The Morgan fingerprint density at radius 2 is 2.33 bits per heavy atom. The number of likely N-dealkylation sites (tertiary alicyclic amines) is 1. The molecule has 6 heteroatoms. The van der Waals surface area contributed by atoms with Gasteiger partial charge in [0, 0.05) is 30.6 Å². The summed E-state index contributed by atoms with van der Waals surface area (Å²) in [5, 5.41) is 5.63. The summed E-state index contributed by atoms with van der Waals surface area (Å²) in [6.07, 6.45) is 1.87. The fourth-order valence-corrected chi connectivity index (χ4v) is 3.13. The zero-order chi connectivity index (χ0) is 15.5. The minimum absolute atomic E-state index is 0.208. The molecule has 1 N–H and O–H groups in total. The minimum Gasteiger partial charge on any atom is -0.444 e. The molecule has 1 fully saturated rings. The molecular weight excluding hydrogens is 286 g/mol. The van der Waals surface area contributed by atoms with Crippen LogP contribution < -0.4 is 5.32 Å². The van der Waals surface area contributed by atoms with E-state index in [2.05, 4.69) is 22.6 Å². The predicted octanol–water partition coefficient (Wildman–Crippen LogP) is 3.19. The molecule has 118 valence electrons. The van der Waals surface area contributed by atoms with Crippen LogP contribution in [0.25, 0.3) is 0 Å². The second-order valence-electron chi connectivity index (χ2n) is 6.57. The first kappa shape index (κ1) is 16.2. The number of piperidine rings is 1. The predicted molar refractivity (Wildman–Crippen MR) is 84.5 cm³/mol. The van der Waals surface area contributed by atoms with Gasteiger partial charge in [0.2, 0.25) is 0 Å². The summed E-state index contributed by atoms with van der Waals surface area (Å²) in [5.74, 6) is 0. The number of hydrogen-bond acceptors (Lipinski definition) is 5. The zero-order valence-electron chi connectivity index (χ0n) is 13.3. The molecule has 21 heavy (non-hydrogen) atoms. The normalized spacial score (nSPS) is 21.1. The first-order chi connectivity index (χ1) is 9.85. The molecule has 0 spiro atoms. The van der Waals surface area contributed by atoms with E-state index in [1.54, 1.807) is 16.2 Å². The molecule has 0 aromatic carbocycles. The van der Waals surface area contributed by atoms with Crippen LogP contribution in [0.1, 0.15) is 52.3 Å². The van der Waals surface area contributed by atoms with Gasteiger partial charge in [-0.15, -0.1) is 11.3 Å². The second-order valence-corrected chi connectivity index (χ2v) is 7.29. The topological polar surface area (TPSA) is 54.5 Å². The van der Waals surface area contributed by atoms with Gasteiger partial charge >= 0.3 is 6.09 Å². The average molecular weight is 311 g/mol. The Balaban J connectivity index is 1.87. The van der Waals surface area contributed by atoms with Crippen LogP contribution in [0.3, 0.4) is 0 Å². The van der Waals surface area contributed by atoms with Crippen LogP contribution in [0.2, 0.25) is 0 Å². The minimum atomic E-state index is -0.439. The molecule has 2 rings (SSSR count). The lowest BCUT2D eigenvalue weighted by Crippen LogP contribution is -2.49. The first-order valence-electron chi connectivity index (χ1n) is 7.47. The maximum atomic E-state index is 12.1. The van der Waals surface area contributed by atoms with Crippen LogP contribution in [-0.4, -0.2) is 40.7 Å². The molecule has 1 aromatic rings. The molecule has 1 aliphatic rings. The van der Waals surface area contributed by atoms with Crippen molar-refractivity contribution in [2.45, 2.75) is 58.2 Å². The summed E-state index contributed by atoms with van der Waals surface area (Å²) in [7, 11) is 0. The number of ether oxygens (including phenoxy) is 1. The molecule has 0 aliphatic carbocycles. The lowest BCUT2D eigenvalue weighted by atomic mass is 10.0. The number of hydrogen-bond donors (Lipinski definition) is 1. The van der Waals surface area contributed by atoms with Crippen LogP contribution in [0.15, 0.2) is 10.9 Å². The SMILES string of the molecule is CC(NC1CCCN(C(=O)OC(C)(C)C)C1)c1cscn1. The zero-order valence-corrected chi connectivity index (χ0v) is 14.1. The summed E-state index contributed by atoms with van der Waals surface area (Å²) >= 11 is 1.61. The Hall–Kier alpha value is -1.14. The number of aromatic nitrogens is 1. The van der Waals surface area contributed by atoms with E-state index in [1.165, 1.54) is 0 Å². The molecular formula is C15H25N3O2S. The number of nitrogens with one attached hydrogen (secondary N) is 1. The van der Waals surface area contributed by atoms with E-state index in [9.17, 15) is 4.79 Å². The monoisotopic (exact) mass is 311 g/mol. The van der Waals surface area contributed by atoms with E-state index in [4.69, 9.17) is 4.74 Å². The van der Waals surface area contributed by atoms with E-state index in [0.717, 1.165) is 25.1 Å². The third-order valence-electron chi connectivity index (χ3n) is 3.45. The Bertz CT molecular complexity index is 456. The van der Waals surface area contributed by atoms with Gasteiger partial charge in [-0.25, -0.2) is 9.78 Å². The van der Waals surface area contributed by atoms with Crippen molar-refractivity contribution < 1.29 is 9.53 Å². The highest BCUT2D eigenvalue weighted by Crippen LogP contribution is 2.19.